The molecule has 0 aliphatic heterocycles. The zero-order chi connectivity index (χ0) is 15.4. The van der Waals surface area contributed by atoms with Crippen LogP contribution in [0.4, 0.5) is 0 Å². The number of carbonyl (C=O) groups is 2. The molecule has 4 heteroatoms. The number of aryl methyl sites for hydroxylation is 1. The van der Waals surface area contributed by atoms with E-state index < -0.39 is 11.9 Å². The van der Waals surface area contributed by atoms with Crippen LogP contribution in [0.1, 0.15) is 33.8 Å². The Hall–Kier alpha value is -2.13. The van der Waals surface area contributed by atoms with Gasteiger partial charge < -0.3 is 9.90 Å². The highest BCUT2D eigenvalue weighted by Crippen LogP contribution is 2.22. The summed E-state index contributed by atoms with van der Waals surface area (Å²) in [5.41, 5.74) is 2.04. The van der Waals surface area contributed by atoms with Gasteiger partial charge in [0.25, 0.3) is 0 Å². The lowest BCUT2D eigenvalue weighted by Crippen LogP contribution is -2.31. The number of ketones is 1. The molecule has 2 rings (SSSR count). The molecule has 0 unspecified atom stereocenters. The Balaban J connectivity index is 2.20. The Bertz CT molecular complexity index is 645. The average Bonchev–Trinajstić information content (AvgIpc) is 2.46. The number of halogens is 1. The van der Waals surface area contributed by atoms with Crippen LogP contribution in [0, 0.1) is 6.92 Å². The van der Waals surface area contributed by atoms with Crippen LogP contribution in [-0.4, -0.2) is 11.8 Å². The van der Waals surface area contributed by atoms with Crippen molar-refractivity contribution in [3.8, 4) is 0 Å². The predicted molar refractivity (Wildman–Crippen MR) is 79.3 cm³/mol. The van der Waals surface area contributed by atoms with Crippen molar-refractivity contribution in [2.45, 2.75) is 19.3 Å². The van der Waals surface area contributed by atoms with E-state index in [0.29, 0.717) is 16.1 Å². The third kappa shape index (κ3) is 3.92. The molecular weight excluding hydrogens is 288 g/mol. The van der Waals surface area contributed by atoms with Gasteiger partial charge in [0.1, 0.15) is 0 Å². The molecule has 3 nitrogen and oxygen atoms in total. The largest absolute Gasteiger partial charge is 0.549 e. The Kier molecular flexibility index (Phi) is 4.76. The zero-order valence-electron chi connectivity index (χ0n) is 11.5. The van der Waals surface area contributed by atoms with Crippen molar-refractivity contribution < 1.29 is 14.7 Å². The minimum Gasteiger partial charge on any atom is -0.549 e. The first kappa shape index (κ1) is 15.3. The second-order valence-corrected chi connectivity index (χ2v) is 5.35. The first-order valence-electron chi connectivity index (χ1n) is 6.53. The number of Topliss-reactive ketones (excluding diaryl/α,β-unsaturated/α-hetero) is 1. The molecule has 2 aromatic carbocycles. The molecule has 0 amide bonds. The molecule has 0 aromatic heterocycles. The Morgan fingerprint density at radius 3 is 2.14 bits per heavy atom. The summed E-state index contributed by atoms with van der Waals surface area (Å²) < 4.78 is 0. The fourth-order valence-electron chi connectivity index (χ4n) is 2.08. The standard InChI is InChI=1S/C17H15ClO3/c1-11-2-4-12(5-3-11)15(17(20)21)10-16(19)13-6-8-14(18)9-7-13/h2-9,15H,10H2,1H3,(H,20,21)/p-1/t15-/m1/s1. The van der Waals surface area contributed by atoms with Crippen LogP contribution >= 0.6 is 11.6 Å². The maximum atomic E-state index is 12.2. The van der Waals surface area contributed by atoms with Gasteiger partial charge in [-0.1, -0.05) is 41.4 Å². The molecular formula is C17H14ClO3-. The molecule has 2 aromatic rings. The van der Waals surface area contributed by atoms with E-state index in [1.807, 2.05) is 19.1 Å². The summed E-state index contributed by atoms with van der Waals surface area (Å²) in [6.45, 7) is 1.91. The van der Waals surface area contributed by atoms with Gasteiger partial charge in [-0.25, -0.2) is 0 Å². The summed E-state index contributed by atoms with van der Waals surface area (Å²) in [5.74, 6) is -2.45. The van der Waals surface area contributed by atoms with Crippen molar-refractivity contribution in [3.63, 3.8) is 0 Å². The predicted octanol–water partition coefficient (Wildman–Crippen LogP) is 2.75. The number of hydrogen-bond acceptors (Lipinski definition) is 3. The smallest absolute Gasteiger partial charge is 0.163 e. The number of benzene rings is 2. The van der Waals surface area contributed by atoms with E-state index >= 15 is 0 Å². The van der Waals surface area contributed by atoms with Crippen LogP contribution in [0.25, 0.3) is 0 Å². The lowest BCUT2D eigenvalue weighted by Gasteiger charge is -2.18. The summed E-state index contributed by atoms with van der Waals surface area (Å²) in [6.07, 6.45) is -0.132. The molecule has 0 saturated heterocycles. The zero-order valence-corrected chi connectivity index (χ0v) is 12.3. The lowest BCUT2D eigenvalue weighted by molar-refractivity contribution is -0.307. The second-order valence-electron chi connectivity index (χ2n) is 4.92. The van der Waals surface area contributed by atoms with Crippen LogP contribution in [-0.2, 0) is 4.79 Å². The summed E-state index contributed by atoms with van der Waals surface area (Å²) in [5, 5.41) is 11.9. The molecule has 21 heavy (non-hydrogen) atoms. The number of hydrogen-bond donors (Lipinski definition) is 0. The normalized spacial score (nSPS) is 11.9. The van der Waals surface area contributed by atoms with Gasteiger partial charge >= 0.3 is 0 Å². The van der Waals surface area contributed by atoms with Crippen molar-refractivity contribution in [3.05, 3.63) is 70.2 Å². The highest BCUT2D eigenvalue weighted by atomic mass is 35.5. The van der Waals surface area contributed by atoms with Gasteiger partial charge in [0, 0.05) is 28.9 Å². The molecule has 0 radical (unpaired) electrons. The minimum absolute atomic E-state index is 0.132. The lowest BCUT2D eigenvalue weighted by atomic mass is 9.91. The van der Waals surface area contributed by atoms with Gasteiger partial charge in [0.15, 0.2) is 5.78 Å². The summed E-state index contributed by atoms with van der Waals surface area (Å²) in [6, 6.07) is 13.5. The number of carbonyl (C=O) groups excluding carboxylic acids is 2. The summed E-state index contributed by atoms with van der Waals surface area (Å²) in [7, 11) is 0. The molecule has 0 saturated carbocycles. The summed E-state index contributed by atoms with van der Waals surface area (Å²) >= 11 is 5.77. The first-order chi connectivity index (χ1) is 9.97. The number of rotatable bonds is 5. The highest BCUT2D eigenvalue weighted by molar-refractivity contribution is 6.30. The Morgan fingerprint density at radius 1 is 1.05 bits per heavy atom. The van der Waals surface area contributed by atoms with E-state index in [4.69, 9.17) is 11.6 Å². The van der Waals surface area contributed by atoms with Gasteiger partial charge in [-0.3, -0.25) is 4.79 Å². The maximum Gasteiger partial charge on any atom is 0.163 e. The van der Waals surface area contributed by atoms with Crippen LogP contribution in [0.5, 0.6) is 0 Å². The van der Waals surface area contributed by atoms with Crippen molar-refractivity contribution in [1.82, 2.24) is 0 Å². The van der Waals surface area contributed by atoms with Crippen LogP contribution < -0.4 is 5.11 Å². The average molecular weight is 302 g/mol. The van der Waals surface area contributed by atoms with Gasteiger partial charge in [0.05, 0.1) is 0 Å². The highest BCUT2D eigenvalue weighted by Gasteiger charge is 2.18. The quantitative estimate of drug-likeness (QED) is 0.798. The van der Waals surface area contributed by atoms with Gasteiger partial charge in [0.2, 0.25) is 0 Å². The van der Waals surface area contributed by atoms with E-state index in [-0.39, 0.29) is 12.2 Å². The van der Waals surface area contributed by atoms with Crippen molar-refractivity contribution in [2.75, 3.05) is 0 Å². The molecule has 0 bridgehead atoms. The van der Waals surface area contributed by atoms with Crippen molar-refractivity contribution >= 4 is 23.4 Å². The minimum atomic E-state index is -1.25. The third-order valence-electron chi connectivity index (χ3n) is 3.32. The molecule has 0 heterocycles. The van der Waals surface area contributed by atoms with Gasteiger partial charge in [-0.15, -0.1) is 0 Å². The van der Waals surface area contributed by atoms with Crippen LogP contribution in [0.2, 0.25) is 5.02 Å². The first-order valence-corrected chi connectivity index (χ1v) is 6.91. The second kappa shape index (κ2) is 6.55. The van der Waals surface area contributed by atoms with Gasteiger partial charge in [-0.05, 0) is 36.8 Å². The molecule has 0 spiro atoms. The molecule has 0 aliphatic carbocycles. The maximum absolute atomic E-state index is 12.2. The fourth-order valence-corrected chi connectivity index (χ4v) is 2.20. The molecule has 1 atom stereocenters. The van der Waals surface area contributed by atoms with E-state index in [1.165, 1.54) is 0 Å². The van der Waals surface area contributed by atoms with Crippen LogP contribution in [0.3, 0.4) is 0 Å². The molecule has 0 N–H and O–H groups in total. The Labute approximate surface area is 128 Å². The third-order valence-corrected chi connectivity index (χ3v) is 3.57. The molecule has 108 valence electrons. The SMILES string of the molecule is Cc1ccc([C@@H](CC(=O)c2ccc(Cl)cc2)C(=O)[O-])cc1. The number of aliphatic carboxylic acids is 1. The van der Waals surface area contributed by atoms with Crippen LogP contribution in [0.15, 0.2) is 48.5 Å². The molecule has 0 aliphatic rings. The Morgan fingerprint density at radius 2 is 1.62 bits per heavy atom. The van der Waals surface area contributed by atoms with E-state index in [9.17, 15) is 14.7 Å². The number of carboxylic acid groups (broad SMARTS) is 1. The van der Waals surface area contributed by atoms with Gasteiger partial charge in [-0.2, -0.15) is 0 Å². The molecule has 0 fully saturated rings. The van der Waals surface area contributed by atoms with E-state index in [2.05, 4.69) is 0 Å². The monoisotopic (exact) mass is 301 g/mol. The number of carboxylic acids is 1. The summed E-state index contributed by atoms with van der Waals surface area (Å²) in [4.78, 5) is 23.5. The van der Waals surface area contributed by atoms with E-state index in [1.54, 1.807) is 36.4 Å². The van der Waals surface area contributed by atoms with Crippen molar-refractivity contribution in [2.24, 2.45) is 0 Å². The van der Waals surface area contributed by atoms with Crippen molar-refractivity contribution in [1.29, 1.82) is 0 Å². The topological polar surface area (TPSA) is 57.2 Å². The fraction of sp³-hybridized carbons (Fsp3) is 0.176. The van der Waals surface area contributed by atoms with E-state index in [0.717, 1.165) is 5.56 Å².